The fourth-order valence-electron chi connectivity index (χ4n) is 1.96. The number of nitrogens with zero attached hydrogens (tertiary/aromatic N) is 2. The molecule has 2 N–H and O–H groups in total. The SMILES string of the molecule is CCCNC(CCN(C)C(C)CO)c1ccc(F)cn1. The highest BCUT2D eigenvalue weighted by molar-refractivity contribution is 5.10. The summed E-state index contributed by atoms with van der Waals surface area (Å²) in [5, 5.41) is 12.6. The predicted molar refractivity (Wildman–Crippen MR) is 79.0 cm³/mol. The van der Waals surface area contributed by atoms with Gasteiger partial charge in [0.25, 0.3) is 0 Å². The molecular formula is C15H26FN3O. The van der Waals surface area contributed by atoms with E-state index in [0.29, 0.717) is 0 Å². The van der Waals surface area contributed by atoms with Gasteiger partial charge < -0.3 is 15.3 Å². The van der Waals surface area contributed by atoms with Gasteiger partial charge >= 0.3 is 0 Å². The molecule has 0 fully saturated rings. The molecule has 5 heteroatoms. The summed E-state index contributed by atoms with van der Waals surface area (Å²) in [6.07, 6.45) is 3.18. The van der Waals surface area contributed by atoms with Crippen LogP contribution in [0.4, 0.5) is 4.39 Å². The molecule has 2 atom stereocenters. The lowest BCUT2D eigenvalue weighted by atomic mass is 10.1. The zero-order valence-electron chi connectivity index (χ0n) is 12.6. The fraction of sp³-hybridized carbons (Fsp3) is 0.667. The largest absolute Gasteiger partial charge is 0.395 e. The molecule has 0 radical (unpaired) electrons. The first-order valence-corrected chi connectivity index (χ1v) is 7.24. The van der Waals surface area contributed by atoms with Gasteiger partial charge in [-0.1, -0.05) is 6.92 Å². The number of aromatic nitrogens is 1. The van der Waals surface area contributed by atoms with Gasteiger partial charge in [-0.05, 0) is 45.5 Å². The minimum absolute atomic E-state index is 0.115. The topological polar surface area (TPSA) is 48.4 Å². The van der Waals surface area contributed by atoms with E-state index in [0.717, 1.165) is 31.6 Å². The summed E-state index contributed by atoms with van der Waals surface area (Å²) >= 11 is 0. The van der Waals surface area contributed by atoms with Crippen LogP contribution in [0.3, 0.4) is 0 Å². The number of aliphatic hydroxyl groups excluding tert-OH is 1. The number of halogens is 1. The van der Waals surface area contributed by atoms with E-state index in [1.54, 1.807) is 6.07 Å². The fourth-order valence-corrected chi connectivity index (χ4v) is 1.96. The molecule has 0 aliphatic heterocycles. The van der Waals surface area contributed by atoms with Gasteiger partial charge in [0.2, 0.25) is 0 Å². The quantitative estimate of drug-likeness (QED) is 0.727. The Hall–Kier alpha value is -1.04. The van der Waals surface area contributed by atoms with Crippen LogP contribution in [0, 0.1) is 5.82 Å². The van der Waals surface area contributed by atoms with Gasteiger partial charge in [0.15, 0.2) is 0 Å². The lowest BCUT2D eigenvalue weighted by molar-refractivity contribution is 0.154. The maximum absolute atomic E-state index is 12.9. The molecule has 20 heavy (non-hydrogen) atoms. The maximum atomic E-state index is 12.9. The summed E-state index contributed by atoms with van der Waals surface area (Å²) in [4.78, 5) is 6.28. The molecular weight excluding hydrogens is 257 g/mol. The average molecular weight is 283 g/mol. The monoisotopic (exact) mass is 283 g/mol. The Morgan fingerprint density at radius 1 is 1.45 bits per heavy atom. The third-order valence-corrected chi connectivity index (χ3v) is 3.54. The van der Waals surface area contributed by atoms with Gasteiger partial charge in [0.05, 0.1) is 24.5 Å². The molecule has 2 unspecified atom stereocenters. The van der Waals surface area contributed by atoms with E-state index >= 15 is 0 Å². The van der Waals surface area contributed by atoms with Crippen molar-refractivity contribution in [1.29, 1.82) is 0 Å². The molecule has 0 saturated heterocycles. The lowest BCUT2D eigenvalue weighted by Gasteiger charge is -2.26. The Morgan fingerprint density at radius 2 is 2.20 bits per heavy atom. The van der Waals surface area contributed by atoms with Crippen molar-refractivity contribution in [3.05, 3.63) is 29.8 Å². The van der Waals surface area contributed by atoms with E-state index in [9.17, 15) is 4.39 Å². The Kier molecular flexibility index (Phi) is 7.65. The van der Waals surface area contributed by atoms with Gasteiger partial charge in [0, 0.05) is 12.6 Å². The van der Waals surface area contributed by atoms with Crippen LogP contribution in [0.5, 0.6) is 0 Å². The summed E-state index contributed by atoms with van der Waals surface area (Å²) in [5.41, 5.74) is 0.866. The van der Waals surface area contributed by atoms with Crippen molar-refractivity contribution in [2.45, 2.75) is 38.8 Å². The number of aliphatic hydroxyl groups is 1. The number of hydrogen-bond donors (Lipinski definition) is 2. The molecule has 1 aromatic rings. The molecule has 0 aromatic carbocycles. The average Bonchev–Trinajstić information content (AvgIpc) is 2.47. The van der Waals surface area contributed by atoms with Gasteiger partial charge in [-0.2, -0.15) is 0 Å². The second-order valence-electron chi connectivity index (χ2n) is 5.21. The second-order valence-corrected chi connectivity index (χ2v) is 5.21. The van der Waals surface area contributed by atoms with Crippen molar-refractivity contribution in [2.24, 2.45) is 0 Å². The molecule has 1 heterocycles. The van der Waals surface area contributed by atoms with E-state index in [-0.39, 0.29) is 24.5 Å². The summed E-state index contributed by atoms with van der Waals surface area (Å²) in [5.74, 6) is -0.311. The number of hydrogen-bond acceptors (Lipinski definition) is 4. The Bertz CT molecular complexity index is 372. The van der Waals surface area contributed by atoms with Crippen LogP contribution in [0.15, 0.2) is 18.3 Å². The zero-order valence-corrected chi connectivity index (χ0v) is 12.6. The van der Waals surface area contributed by atoms with Crippen molar-refractivity contribution in [2.75, 3.05) is 26.7 Å². The molecule has 0 bridgehead atoms. The molecule has 4 nitrogen and oxygen atoms in total. The van der Waals surface area contributed by atoms with Crippen LogP contribution in [-0.4, -0.2) is 47.8 Å². The molecule has 0 spiro atoms. The van der Waals surface area contributed by atoms with E-state index < -0.39 is 0 Å². The summed E-state index contributed by atoms with van der Waals surface area (Å²) in [6.45, 7) is 6.01. The van der Waals surface area contributed by atoms with Crippen LogP contribution in [0.2, 0.25) is 0 Å². The van der Waals surface area contributed by atoms with Crippen LogP contribution in [0.1, 0.15) is 38.4 Å². The maximum Gasteiger partial charge on any atom is 0.141 e. The van der Waals surface area contributed by atoms with E-state index in [1.807, 2.05) is 14.0 Å². The van der Waals surface area contributed by atoms with Crippen molar-refractivity contribution >= 4 is 0 Å². The van der Waals surface area contributed by atoms with Crippen LogP contribution in [-0.2, 0) is 0 Å². The Labute approximate surface area is 121 Å². The predicted octanol–water partition coefficient (Wildman–Crippen LogP) is 1.96. The highest BCUT2D eigenvalue weighted by atomic mass is 19.1. The molecule has 0 saturated carbocycles. The molecule has 0 aliphatic rings. The van der Waals surface area contributed by atoms with Gasteiger partial charge in [0.1, 0.15) is 5.82 Å². The molecule has 1 aromatic heterocycles. The summed E-state index contributed by atoms with van der Waals surface area (Å²) < 4.78 is 12.9. The Balaban J connectivity index is 2.62. The van der Waals surface area contributed by atoms with E-state index in [2.05, 4.69) is 22.1 Å². The normalized spacial score (nSPS) is 14.5. The number of nitrogens with one attached hydrogen (secondary N) is 1. The van der Waals surface area contributed by atoms with Crippen LogP contribution < -0.4 is 5.32 Å². The summed E-state index contributed by atoms with van der Waals surface area (Å²) in [7, 11) is 2.00. The second kappa shape index (κ2) is 9.00. The highest BCUT2D eigenvalue weighted by Crippen LogP contribution is 2.15. The van der Waals surface area contributed by atoms with Gasteiger partial charge in [-0.3, -0.25) is 4.98 Å². The van der Waals surface area contributed by atoms with Gasteiger partial charge in [-0.15, -0.1) is 0 Å². The van der Waals surface area contributed by atoms with Crippen LogP contribution >= 0.6 is 0 Å². The van der Waals surface area contributed by atoms with Gasteiger partial charge in [-0.25, -0.2) is 4.39 Å². The molecule has 0 aliphatic carbocycles. The third kappa shape index (κ3) is 5.53. The first-order valence-electron chi connectivity index (χ1n) is 7.24. The zero-order chi connectivity index (χ0) is 15.0. The van der Waals surface area contributed by atoms with Crippen molar-refractivity contribution in [3.63, 3.8) is 0 Å². The molecule has 1 rings (SSSR count). The minimum atomic E-state index is -0.311. The van der Waals surface area contributed by atoms with E-state index in [1.165, 1.54) is 12.3 Å². The van der Waals surface area contributed by atoms with Crippen molar-refractivity contribution < 1.29 is 9.50 Å². The summed E-state index contributed by atoms with van der Waals surface area (Å²) in [6, 6.07) is 3.44. The lowest BCUT2D eigenvalue weighted by Crippen LogP contribution is -2.35. The standard InChI is InChI=1S/C15H26FN3O/c1-4-8-17-15(7-9-19(3)12(2)11-20)14-6-5-13(16)10-18-14/h5-6,10,12,15,17,20H,4,7-9,11H2,1-3H3. The molecule has 0 amide bonds. The smallest absolute Gasteiger partial charge is 0.141 e. The Morgan fingerprint density at radius 3 is 2.75 bits per heavy atom. The number of likely N-dealkylation sites (N-methyl/N-ethyl adjacent to an activating group) is 1. The first kappa shape index (κ1) is 17.0. The number of pyridine rings is 1. The molecule has 114 valence electrons. The minimum Gasteiger partial charge on any atom is -0.395 e. The highest BCUT2D eigenvalue weighted by Gasteiger charge is 2.15. The van der Waals surface area contributed by atoms with Crippen molar-refractivity contribution in [1.82, 2.24) is 15.2 Å². The number of rotatable bonds is 9. The first-order chi connectivity index (χ1) is 9.58. The van der Waals surface area contributed by atoms with Crippen LogP contribution in [0.25, 0.3) is 0 Å². The van der Waals surface area contributed by atoms with Crippen molar-refractivity contribution in [3.8, 4) is 0 Å². The van der Waals surface area contributed by atoms with E-state index in [4.69, 9.17) is 5.11 Å². The third-order valence-electron chi connectivity index (χ3n) is 3.54.